The first kappa shape index (κ1) is 28.2. The number of amides is 1. The highest BCUT2D eigenvalue weighted by Crippen LogP contribution is 2.43. The highest BCUT2D eigenvalue weighted by molar-refractivity contribution is 6.05. The summed E-state index contributed by atoms with van der Waals surface area (Å²) in [6.07, 6.45) is 0.936. The molecule has 0 radical (unpaired) electrons. The molecule has 8 nitrogen and oxygen atoms in total. The van der Waals surface area contributed by atoms with Gasteiger partial charge in [-0.25, -0.2) is 13.2 Å². The van der Waals surface area contributed by atoms with E-state index in [1.807, 2.05) is 20.8 Å². The average Bonchev–Trinajstić information content (AvgIpc) is 3.31. The molecule has 0 bridgehead atoms. The Balaban J connectivity index is 1.82. The van der Waals surface area contributed by atoms with Crippen LogP contribution in [0.3, 0.4) is 0 Å². The van der Waals surface area contributed by atoms with Crippen molar-refractivity contribution in [3.8, 4) is 5.69 Å². The van der Waals surface area contributed by atoms with Crippen molar-refractivity contribution in [2.75, 3.05) is 35.7 Å². The molecule has 1 aliphatic heterocycles. The maximum absolute atomic E-state index is 15.6. The molecule has 39 heavy (non-hydrogen) atoms. The van der Waals surface area contributed by atoms with Crippen LogP contribution in [0.5, 0.6) is 0 Å². The minimum Gasteiger partial charge on any atom is -0.380 e. The average molecular weight is 543 g/mol. The van der Waals surface area contributed by atoms with Crippen LogP contribution in [0.25, 0.3) is 5.69 Å². The SMILES string of the molecule is CNC(C)c1c(NC(C)C)c(F)cc(NC(=O)c2ccc(=O)n(-c3c(F)cccc3F)n2)c1N1CC[C@H](C)C1. The third-order valence-corrected chi connectivity index (χ3v) is 6.76. The molecule has 0 spiro atoms. The minimum atomic E-state index is -1.01. The summed E-state index contributed by atoms with van der Waals surface area (Å²) < 4.78 is 44.9. The number of anilines is 3. The lowest BCUT2D eigenvalue weighted by atomic mass is 9.99. The summed E-state index contributed by atoms with van der Waals surface area (Å²) in [4.78, 5) is 27.9. The minimum absolute atomic E-state index is 0.0443. The zero-order valence-electron chi connectivity index (χ0n) is 22.6. The lowest BCUT2D eigenvalue weighted by molar-refractivity contribution is 0.102. The number of rotatable bonds is 8. The quantitative estimate of drug-likeness (QED) is 0.377. The molecule has 1 unspecified atom stereocenters. The van der Waals surface area contributed by atoms with Gasteiger partial charge in [0.05, 0.1) is 17.1 Å². The van der Waals surface area contributed by atoms with E-state index < -0.39 is 34.6 Å². The van der Waals surface area contributed by atoms with Crippen molar-refractivity contribution in [3.63, 3.8) is 0 Å². The van der Waals surface area contributed by atoms with Gasteiger partial charge in [0.25, 0.3) is 11.5 Å². The molecule has 1 aliphatic rings. The maximum atomic E-state index is 15.6. The molecule has 208 valence electrons. The molecule has 1 aromatic heterocycles. The maximum Gasteiger partial charge on any atom is 0.276 e. The number of hydrogen-bond donors (Lipinski definition) is 3. The molecule has 2 aromatic carbocycles. The molecular weight excluding hydrogens is 509 g/mol. The Morgan fingerprint density at radius 2 is 1.74 bits per heavy atom. The Morgan fingerprint density at radius 3 is 2.33 bits per heavy atom. The van der Waals surface area contributed by atoms with Gasteiger partial charge in [0.2, 0.25) is 0 Å². The van der Waals surface area contributed by atoms with Crippen LogP contribution >= 0.6 is 0 Å². The molecule has 1 amide bonds. The van der Waals surface area contributed by atoms with E-state index in [0.29, 0.717) is 27.5 Å². The molecule has 4 rings (SSSR count). The van der Waals surface area contributed by atoms with E-state index in [1.165, 1.54) is 6.07 Å². The van der Waals surface area contributed by atoms with Crippen molar-refractivity contribution in [1.82, 2.24) is 15.1 Å². The van der Waals surface area contributed by atoms with Crippen LogP contribution in [0.15, 0.2) is 41.2 Å². The smallest absolute Gasteiger partial charge is 0.276 e. The first-order valence-electron chi connectivity index (χ1n) is 12.9. The first-order valence-corrected chi connectivity index (χ1v) is 12.9. The number of para-hydroxylation sites is 1. The zero-order chi connectivity index (χ0) is 28.4. The van der Waals surface area contributed by atoms with Gasteiger partial charge in [-0.05, 0) is 58.4 Å². The number of halogens is 3. The van der Waals surface area contributed by atoms with Gasteiger partial charge < -0.3 is 20.9 Å². The molecular formula is C28H33F3N6O2. The third-order valence-electron chi connectivity index (χ3n) is 6.76. The van der Waals surface area contributed by atoms with Crippen LogP contribution in [0, 0.1) is 23.4 Å². The van der Waals surface area contributed by atoms with Crippen molar-refractivity contribution < 1.29 is 18.0 Å². The highest BCUT2D eigenvalue weighted by Gasteiger charge is 2.30. The van der Waals surface area contributed by atoms with E-state index in [1.54, 1.807) is 7.05 Å². The Labute approximate surface area is 225 Å². The van der Waals surface area contributed by atoms with E-state index in [4.69, 9.17) is 0 Å². The van der Waals surface area contributed by atoms with Gasteiger partial charge in [0.15, 0.2) is 11.6 Å². The van der Waals surface area contributed by atoms with Crippen LogP contribution in [-0.4, -0.2) is 41.9 Å². The molecule has 0 aliphatic carbocycles. The summed E-state index contributed by atoms with van der Waals surface area (Å²) in [5, 5.41) is 13.1. The van der Waals surface area contributed by atoms with Gasteiger partial charge in [-0.3, -0.25) is 9.59 Å². The van der Waals surface area contributed by atoms with E-state index in [0.717, 1.165) is 49.8 Å². The summed E-state index contributed by atoms with van der Waals surface area (Å²) in [6.45, 7) is 9.31. The standard InChI is InChI=1S/C28H33F3N6O2/c1-15(2)33-25-20(31)13-22(27(24(25)17(4)32-5)36-12-11-16(3)14-36)34-28(39)21-9-10-23(38)37(35-21)26-18(29)7-6-8-19(26)30/h6-10,13,15-17,32-33H,11-12,14H2,1-5H3,(H,34,39)/t16-,17?/m0/s1. The summed E-state index contributed by atoms with van der Waals surface area (Å²) in [5.41, 5.74) is 0.142. The fourth-order valence-electron chi connectivity index (χ4n) is 4.80. The van der Waals surface area contributed by atoms with Gasteiger partial charge in [0, 0.05) is 42.9 Å². The zero-order valence-corrected chi connectivity index (χ0v) is 22.6. The monoisotopic (exact) mass is 542 g/mol. The highest BCUT2D eigenvalue weighted by atomic mass is 19.1. The number of carbonyl (C=O) groups excluding carboxylic acids is 1. The predicted octanol–water partition coefficient (Wildman–Crippen LogP) is 4.85. The van der Waals surface area contributed by atoms with Gasteiger partial charge in [-0.1, -0.05) is 13.0 Å². The van der Waals surface area contributed by atoms with Crippen molar-refractivity contribution in [2.45, 2.75) is 46.2 Å². The molecule has 3 N–H and O–H groups in total. The second kappa shape index (κ2) is 11.5. The van der Waals surface area contributed by atoms with Crippen molar-refractivity contribution in [1.29, 1.82) is 0 Å². The topological polar surface area (TPSA) is 91.3 Å². The van der Waals surface area contributed by atoms with E-state index in [9.17, 15) is 18.4 Å². The normalized spacial score (nSPS) is 16.0. The van der Waals surface area contributed by atoms with Crippen molar-refractivity contribution in [2.24, 2.45) is 5.92 Å². The largest absolute Gasteiger partial charge is 0.380 e. The second-order valence-corrected chi connectivity index (χ2v) is 10.2. The number of carbonyl (C=O) groups is 1. The summed E-state index contributed by atoms with van der Waals surface area (Å²) >= 11 is 0. The fourth-order valence-corrected chi connectivity index (χ4v) is 4.80. The molecule has 2 atom stereocenters. The molecule has 2 heterocycles. The number of nitrogens with zero attached hydrogens (tertiary/aromatic N) is 3. The third kappa shape index (κ3) is 5.78. The van der Waals surface area contributed by atoms with Gasteiger partial charge in [-0.2, -0.15) is 9.78 Å². The first-order chi connectivity index (χ1) is 18.5. The Bertz CT molecular complexity index is 1420. The molecule has 3 aromatic rings. The Hall–Kier alpha value is -3.86. The second-order valence-electron chi connectivity index (χ2n) is 10.2. The molecule has 1 fully saturated rings. The van der Waals surface area contributed by atoms with Crippen molar-refractivity contribution in [3.05, 3.63) is 75.5 Å². The number of nitrogens with one attached hydrogen (secondary N) is 3. The van der Waals surface area contributed by atoms with Gasteiger partial charge in [0.1, 0.15) is 17.2 Å². The van der Waals surface area contributed by atoms with Crippen LogP contribution in [0.4, 0.5) is 30.2 Å². The molecule has 0 saturated carbocycles. The van der Waals surface area contributed by atoms with E-state index in [-0.39, 0.29) is 23.5 Å². The van der Waals surface area contributed by atoms with Crippen LogP contribution < -0.4 is 26.4 Å². The van der Waals surface area contributed by atoms with Crippen LogP contribution in [-0.2, 0) is 0 Å². The summed E-state index contributed by atoms with van der Waals surface area (Å²) in [7, 11) is 1.78. The van der Waals surface area contributed by atoms with Crippen molar-refractivity contribution >= 4 is 23.0 Å². The fraction of sp³-hybridized carbons (Fsp3) is 0.393. The van der Waals surface area contributed by atoms with Crippen LogP contribution in [0.1, 0.15) is 56.2 Å². The number of hydrogen-bond acceptors (Lipinski definition) is 6. The number of aromatic nitrogens is 2. The molecule has 11 heteroatoms. The van der Waals surface area contributed by atoms with Gasteiger partial charge >= 0.3 is 0 Å². The summed E-state index contributed by atoms with van der Waals surface area (Å²) in [5.74, 6) is -2.92. The Morgan fingerprint density at radius 1 is 1.05 bits per heavy atom. The Kier molecular flexibility index (Phi) is 8.29. The molecule has 1 saturated heterocycles. The van der Waals surface area contributed by atoms with E-state index >= 15 is 4.39 Å². The van der Waals surface area contributed by atoms with E-state index in [2.05, 4.69) is 32.9 Å². The lowest BCUT2D eigenvalue weighted by Gasteiger charge is -2.31. The lowest BCUT2D eigenvalue weighted by Crippen LogP contribution is -2.29. The van der Waals surface area contributed by atoms with Gasteiger partial charge in [-0.15, -0.1) is 0 Å². The predicted molar refractivity (Wildman–Crippen MR) is 146 cm³/mol. The van der Waals surface area contributed by atoms with Crippen LogP contribution in [0.2, 0.25) is 0 Å². The number of benzene rings is 2. The summed E-state index contributed by atoms with van der Waals surface area (Å²) in [6, 6.07) is 6.25.